The summed E-state index contributed by atoms with van der Waals surface area (Å²) in [7, 11) is 0. The predicted octanol–water partition coefficient (Wildman–Crippen LogP) is 3.14. The van der Waals surface area contributed by atoms with Crippen molar-refractivity contribution in [3.8, 4) is 0 Å². The SMILES string of the molecule is CCN(CC(O)c1ccc(C)cc1)C(=O)c1cnn(C(C)(C)C)c1. The second kappa shape index (κ2) is 7.18. The first kappa shape index (κ1) is 18.2. The summed E-state index contributed by atoms with van der Waals surface area (Å²) < 4.78 is 1.78. The van der Waals surface area contributed by atoms with Gasteiger partial charge in [-0.05, 0) is 40.2 Å². The summed E-state index contributed by atoms with van der Waals surface area (Å²) in [5.74, 6) is -0.112. The van der Waals surface area contributed by atoms with Crippen molar-refractivity contribution in [1.29, 1.82) is 0 Å². The Labute approximate surface area is 143 Å². The van der Waals surface area contributed by atoms with Crippen LogP contribution in [0.5, 0.6) is 0 Å². The zero-order valence-corrected chi connectivity index (χ0v) is 15.2. The van der Waals surface area contributed by atoms with Crippen LogP contribution in [0.3, 0.4) is 0 Å². The molecule has 24 heavy (non-hydrogen) atoms. The van der Waals surface area contributed by atoms with Gasteiger partial charge in [-0.15, -0.1) is 0 Å². The van der Waals surface area contributed by atoms with E-state index in [9.17, 15) is 9.90 Å². The molecule has 1 aromatic heterocycles. The number of carbonyl (C=O) groups excluding carboxylic acids is 1. The van der Waals surface area contributed by atoms with Crippen molar-refractivity contribution in [3.05, 3.63) is 53.3 Å². The molecule has 1 heterocycles. The molecular formula is C19H27N3O2. The number of aryl methyl sites for hydroxylation is 1. The molecule has 1 amide bonds. The van der Waals surface area contributed by atoms with Gasteiger partial charge in [-0.1, -0.05) is 29.8 Å². The van der Waals surface area contributed by atoms with E-state index < -0.39 is 6.10 Å². The lowest BCUT2D eigenvalue weighted by molar-refractivity contribution is 0.0634. The van der Waals surface area contributed by atoms with Gasteiger partial charge in [0.15, 0.2) is 0 Å². The number of amides is 1. The Morgan fingerprint density at radius 2 is 1.92 bits per heavy atom. The molecule has 0 spiro atoms. The Morgan fingerprint density at radius 3 is 2.42 bits per heavy atom. The van der Waals surface area contributed by atoms with E-state index in [0.717, 1.165) is 11.1 Å². The summed E-state index contributed by atoms with van der Waals surface area (Å²) in [6.07, 6.45) is 2.66. The maximum atomic E-state index is 12.7. The Morgan fingerprint density at radius 1 is 1.29 bits per heavy atom. The minimum atomic E-state index is -0.702. The second-order valence-electron chi connectivity index (χ2n) is 7.11. The van der Waals surface area contributed by atoms with Crippen molar-refractivity contribution >= 4 is 5.91 Å². The molecule has 1 atom stereocenters. The van der Waals surface area contributed by atoms with Gasteiger partial charge in [0.05, 0.1) is 29.9 Å². The molecule has 130 valence electrons. The lowest BCUT2D eigenvalue weighted by atomic mass is 10.1. The topological polar surface area (TPSA) is 58.4 Å². The smallest absolute Gasteiger partial charge is 0.257 e. The van der Waals surface area contributed by atoms with Crippen molar-refractivity contribution in [2.45, 2.75) is 46.3 Å². The first-order valence-electron chi connectivity index (χ1n) is 8.31. The van der Waals surface area contributed by atoms with Gasteiger partial charge in [-0.3, -0.25) is 9.48 Å². The molecular weight excluding hydrogens is 302 g/mol. The van der Waals surface area contributed by atoms with E-state index in [0.29, 0.717) is 12.1 Å². The van der Waals surface area contributed by atoms with Crippen molar-refractivity contribution in [2.24, 2.45) is 0 Å². The molecule has 0 fully saturated rings. The zero-order chi connectivity index (χ0) is 17.9. The number of aromatic nitrogens is 2. The summed E-state index contributed by atoms with van der Waals surface area (Å²) in [6, 6.07) is 7.72. The minimum Gasteiger partial charge on any atom is -0.387 e. The number of aliphatic hydroxyl groups is 1. The van der Waals surface area contributed by atoms with Crippen LogP contribution in [0.25, 0.3) is 0 Å². The summed E-state index contributed by atoms with van der Waals surface area (Å²) in [5, 5.41) is 14.7. The molecule has 5 nitrogen and oxygen atoms in total. The van der Waals surface area contributed by atoms with E-state index in [1.165, 1.54) is 0 Å². The van der Waals surface area contributed by atoms with Crippen molar-refractivity contribution < 1.29 is 9.90 Å². The number of likely N-dealkylation sites (N-methyl/N-ethyl adjacent to an activating group) is 1. The highest BCUT2D eigenvalue weighted by Gasteiger charge is 2.22. The van der Waals surface area contributed by atoms with Gasteiger partial charge in [0.1, 0.15) is 0 Å². The fourth-order valence-corrected chi connectivity index (χ4v) is 2.44. The van der Waals surface area contributed by atoms with Crippen LogP contribution in [-0.2, 0) is 5.54 Å². The van der Waals surface area contributed by atoms with Gasteiger partial charge in [0.25, 0.3) is 5.91 Å². The third kappa shape index (κ3) is 4.23. The molecule has 1 aromatic carbocycles. The zero-order valence-electron chi connectivity index (χ0n) is 15.2. The molecule has 2 rings (SSSR count). The van der Waals surface area contributed by atoms with Crippen LogP contribution in [0, 0.1) is 6.92 Å². The number of benzene rings is 1. The van der Waals surface area contributed by atoms with Gasteiger partial charge >= 0.3 is 0 Å². The molecule has 0 aliphatic rings. The number of carbonyl (C=O) groups is 1. The van der Waals surface area contributed by atoms with Gasteiger partial charge in [0, 0.05) is 12.7 Å². The van der Waals surface area contributed by atoms with Crippen LogP contribution in [-0.4, -0.2) is 38.8 Å². The highest BCUT2D eigenvalue weighted by molar-refractivity contribution is 5.93. The largest absolute Gasteiger partial charge is 0.387 e. The Bertz CT molecular complexity index is 683. The minimum absolute atomic E-state index is 0.112. The molecule has 0 aliphatic heterocycles. The summed E-state index contributed by atoms with van der Waals surface area (Å²) in [5.41, 5.74) is 2.33. The summed E-state index contributed by atoms with van der Waals surface area (Å²) >= 11 is 0. The Balaban J connectivity index is 2.11. The third-order valence-corrected chi connectivity index (χ3v) is 4.04. The molecule has 0 saturated heterocycles. The lowest BCUT2D eigenvalue weighted by Crippen LogP contribution is -2.34. The van der Waals surface area contributed by atoms with Crippen LogP contribution in [0.4, 0.5) is 0 Å². The molecule has 0 saturated carbocycles. The fourth-order valence-electron chi connectivity index (χ4n) is 2.44. The fraction of sp³-hybridized carbons (Fsp3) is 0.474. The number of hydrogen-bond donors (Lipinski definition) is 1. The van der Waals surface area contributed by atoms with Gasteiger partial charge in [-0.2, -0.15) is 5.10 Å². The highest BCUT2D eigenvalue weighted by Crippen LogP contribution is 2.18. The van der Waals surface area contributed by atoms with Crippen LogP contribution in [0.2, 0.25) is 0 Å². The average molecular weight is 329 g/mol. The van der Waals surface area contributed by atoms with E-state index in [1.54, 1.807) is 22.0 Å². The quantitative estimate of drug-likeness (QED) is 0.917. The van der Waals surface area contributed by atoms with Gasteiger partial charge in [-0.25, -0.2) is 0 Å². The number of nitrogens with zero attached hydrogens (tertiary/aromatic N) is 3. The van der Waals surface area contributed by atoms with E-state index in [1.807, 2.05) is 58.9 Å². The molecule has 0 radical (unpaired) electrons. The maximum Gasteiger partial charge on any atom is 0.257 e. The van der Waals surface area contributed by atoms with Crippen LogP contribution in [0.1, 0.15) is 55.3 Å². The molecule has 5 heteroatoms. The van der Waals surface area contributed by atoms with Gasteiger partial charge < -0.3 is 10.0 Å². The van der Waals surface area contributed by atoms with Crippen LogP contribution in [0.15, 0.2) is 36.7 Å². The van der Waals surface area contributed by atoms with Crippen LogP contribution < -0.4 is 0 Å². The number of hydrogen-bond acceptors (Lipinski definition) is 3. The predicted molar refractivity (Wildman–Crippen MR) is 94.9 cm³/mol. The number of rotatable bonds is 5. The van der Waals surface area contributed by atoms with Crippen molar-refractivity contribution in [3.63, 3.8) is 0 Å². The molecule has 0 bridgehead atoms. The molecule has 1 unspecified atom stereocenters. The van der Waals surface area contributed by atoms with E-state index in [-0.39, 0.29) is 18.0 Å². The molecule has 1 N–H and O–H groups in total. The van der Waals surface area contributed by atoms with E-state index >= 15 is 0 Å². The Kier molecular flexibility index (Phi) is 5.44. The van der Waals surface area contributed by atoms with E-state index in [2.05, 4.69) is 5.10 Å². The Hall–Kier alpha value is -2.14. The lowest BCUT2D eigenvalue weighted by Gasteiger charge is -2.24. The monoisotopic (exact) mass is 329 g/mol. The highest BCUT2D eigenvalue weighted by atomic mass is 16.3. The molecule has 0 aliphatic carbocycles. The number of aliphatic hydroxyl groups excluding tert-OH is 1. The third-order valence-electron chi connectivity index (χ3n) is 4.04. The van der Waals surface area contributed by atoms with Crippen molar-refractivity contribution in [1.82, 2.24) is 14.7 Å². The summed E-state index contributed by atoms with van der Waals surface area (Å²) in [6.45, 7) is 10.8. The van der Waals surface area contributed by atoms with E-state index in [4.69, 9.17) is 0 Å². The second-order valence-corrected chi connectivity index (χ2v) is 7.11. The molecule has 2 aromatic rings. The van der Waals surface area contributed by atoms with Crippen LogP contribution >= 0.6 is 0 Å². The first-order valence-corrected chi connectivity index (χ1v) is 8.31. The van der Waals surface area contributed by atoms with Gasteiger partial charge in [0.2, 0.25) is 0 Å². The standard InChI is InChI=1S/C19H27N3O2/c1-6-21(13-17(23)15-9-7-14(2)8-10-15)18(24)16-11-20-22(12-16)19(3,4)5/h7-12,17,23H,6,13H2,1-5H3. The normalized spacial score (nSPS) is 12.9. The first-order chi connectivity index (χ1) is 11.2. The average Bonchev–Trinajstić information content (AvgIpc) is 3.02. The summed E-state index contributed by atoms with van der Waals surface area (Å²) in [4.78, 5) is 14.3. The maximum absolute atomic E-state index is 12.7. The van der Waals surface area contributed by atoms with Crippen molar-refractivity contribution in [2.75, 3.05) is 13.1 Å².